The fraction of sp³-hybridized carbons (Fsp3) is 0.464. The van der Waals surface area contributed by atoms with Gasteiger partial charge in [0.1, 0.15) is 0 Å². The van der Waals surface area contributed by atoms with Gasteiger partial charge in [0.25, 0.3) is 11.8 Å². The Morgan fingerprint density at radius 3 is 2.23 bits per heavy atom. The van der Waals surface area contributed by atoms with Crippen molar-refractivity contribution in [1.82, 2.24) is 14.7 Å². The third-order valence-electron chi connectivity index (χ3n) is 7.51. The fourth-order valence-corrected chi connectivity index (χ4v) is 6.16. The van der Waals surface area contributed by atoms with Crippen LogP contribution in [0.2, 0.25) is 0 Å². The number of morpholine rings is 1. The smallest absolute Gasteiger partial charge is 0.255 e. The summed E-state index contributed by atoms with van der Waals surface area (Å²) in [6, 6.07) is 13.2. The maximum Gasteiger partial charge on any atom is 0.255 e. The molecule has 1 spiro atoms. The number of fused-ring (bicyclic) bond motifs is 1. The van der Waals surface area contributed by atoms with Gasteiger partial charge in [0, 0.05) is 43.3 Å². The Kier molecular flexibility index (Phi) is 5.91. The molecule has 1 atom stereocenters. The lowest BCUT2D eigenvalue weighted by molar-refractivity contribution is -0.146. The van der Waals surface area contributed by atoms with Gasteiger partial charge in [-0.3, -0.25) is 14.4 Å². The maximum absolute atomic E-state index is 14.1. The first-order valence-electron chi connectivity index (χ1n) is 12.4. The van der Waals surface area contributed by atoms with E-state index < -0.39 is 11.5 Å². The fourth-order valence-electron chi connectivity index (χ4n) is 6.16. The Labute approximate surface area is 206 Å². The van der Waals surface area contributed by atoms with Crippen LogP contribution in [0.5, 0.6) is 0 Å². The van der Waals surface area contributed by atoms with Crippen molar-refractivity contribution in [2.75, 3.05) is 39.4 Å². The molecule has 3 aliphatic heterocycles. The number of amides is 3. The minimum absolute atomic E-state index is 0.0115. The molecule has 35 heavy (non-hydrogen) atoms. The van der Waals surface area contributed by atoms with Crippen molar-refractivity contribution < 1.29 is 19.1 Å². The molecule has 2 fully saturated rings. The van der Waals surface area contributed by atoms with Crippen molar-refractivity contribution in [3.63, 3.8) is 0 Å². The van der Waals surface area contributed by atoms with Crippen LogP contribution in [0.25, 0.3) is 0 Å². The number of carbonyl (C=O) groups excluding carboxylic acids is 3. The Morgan fingerprint density at radius 2 is 1.60 bits per heavy atom. The second-order valence-electron chi connectivity index (χ2n) is 10.4. The summed E-state index contributed by atoms with van der Waals surface area (Å²) in [4.78, 5) is 46.7. The number of ether oxygens (including phenoxy) is 1. The first kappa shape index (κ1) is 23.5. The number of rotatable bonds is 3. The van der Waals surface area contributed by atoms with E-state index in [1.807, 2.05) is 80.0 Å². The van der Waals surface area contributed by atoms with E-state index in [0.29, 0.717) is 50.5 Å². The van der Waals surface area contributed by atoms with Crippen LogP contribution >= 0.6 is 0 Å². The normalized spacial score (nSPS) is 21.2. The molecule has 7 heteroatoms. The Hall–Kier alpha value is -3.19. The van der Waals surface area contributed by atoms with Crippen molar-refractivity contribution in [3.05, 3.63) is 70.3 Å². The highest BCUT2D eigenvalue weighted by atomic mass is 16.5. The highest BCUT2D eigenvalue weighted by Crippen LogP contribution is 2.48. The average molecular weight is 476 g/mol. The van der Waals surface area contributed by atoms with Crippen molar-refractivity contribution in [2.24, 2.45) is 0 Å². The first-order chi connectivity index (χ1) is 16.7. The monoisotopic (exact) mass is 475 g/mol. The minimum atomic E-state index is -0.774. The molecule has 2 aromatic rings. The van der Waals surface area contributed by atoms with Gasteiger partial charge in [0.2, 0.25) is 5.91 Å². The summed E-state index contributed by atoms with van der Waals surface area (Å²) in [5.41, 5.74) is 3.29. The van der Waals surface area contributed by atoms with Crippen LogP contribution in [0, 0.1) is 13.8 Å². The first-order valence-corrected chi connectivity index (χ1v) is 12.4. The number of hydrogen-bond acceptors (Lipinski definition) is 4. The molecule has 0 bridgehead atoms. The summed E-state index contributed by atoms with van der Waals surface area (Å²) in [5.74, 6) is -0.646. The molecular weight excluding hydrogens is 442 g/mol. The summed E-state index contributed by atoms with van der Waals surface area (Å²) in [6.07, 6.45) is 0. The summed E-state index contributed by atoms with van der Waals surface area (Å²) >= 11 is 0. The van der Waals surface area contributed by atoms with Gasteiger partial charge in [-0.05, 0) is 51.5 Å². The van der Waals surface area contributed by atoms with Crippen LogP contribution in [0.4, 0.5) is 0 Å². The number of aryl methyl sites for hydroxylation is 2. The molecule has 184 valence electrons. The van der Waals surface area contributed by atoms with Crippen LogP contribution in [-0.2, 0) is 9.53 Å². The number of likely N-dealkylation sites (tertiary alicyclic amines) is 1. The van der Waals surface area contributed by atoms with Crippen molar-refractivity contribution >= 4 is 17.7 Å². The highest BCUT2D eigenvalue weighted by Gasteiger charge is 2.62. The Morgan fingerprint density at radius 1 is 0.971 bits per heavy atom. The average Bonchev–Trinajstić information content (AvgIpc) is 2.81. The van der Waals surface area contributed by atoms with Crippen LogP contribution < -0.4 is 0 Å². The number of hydrogen-bond donors (Lipinski definition) is 0. The molecule has 0 aliphatic carbocycles. The van der Waals surface area contributed by atoms with E-state index in [2.05, 4.69) is 0 Å². The van der Waals surface area contributed by atoms with E-state index in [1.165, 1.54) is 0 Å². The van der Waals surface area contributed by atoms with Gasteiger partial charge in [0.05, 0.1) is 24.7 Å². The molecule has 2 aromatic carbocycles. The van der Waals surface area contributed by atoms with Gasteiger partial charge >= 0.3 is 0 Å². The number of benzene rings is 2. The van der Waals surface area contributed by atoms with E-state index in [0.717, 1.165) is 16.7 Å². The second-order valence-corrected chi connectivity index (χ2v) is 10.4. The largest absolute Gasteiger partial charge is 0.378 e. The number of carbonyl (C=O) groups is 3. The van der Waals surface area contributed by atoms with Gasteiger partial charge in [0.15, 0.2) is 0 Å². The molecule has 3 amide bonds. The van der Waals surface area contributed by atoms with Crippen LogP contribution in [0.15, 0.2) is 42.5 Å². The predicted molar refractivity (Wildman–Crippen MR) is 132 cm³/mol. The van der Waals surface area contributed by atoms with E-state index in [4.69, 9.17) is 4.74 Å². The Balaban J connectivity index is 1.55. The van der Waals surface area contributed by atoms with Gasteiger partial charge in [-0.2, -0.15) is 0 Å². The summed E-state index contributed by atoms with van der Waals surface area (Å²) in [6.45, 7) is 10.7. The topological polar surface area (TPSA) is 70.2 Å². The molecular formula is C28H33N3O4. The summed E-state index contributed by atoms with van der Waals surface area (Å²) in [5, 5.41) is 0. The molecule has 3 heterocycles. The SMILES string of the molecule is Cc1cc(C)cc(C(=O)N2CC3(C2)C(C(=O)N2CCOCC2)c2ccccc2C(=O)N3C(C)C)c1. The van der Waals surface area contributed by atoms with Gasteiger partial charge < -0.3 is 19.4 Å². The summed E-state index contributed by atoms with van der Waals surface area (Å²) in [7, 11) is 0. The maximum atomic E-state index is 14.1. The van der Waals surface area contributed by atoms with Gasteiger partial charge in [-0.25, -0.2) is 0 Å². The summed E-state index contributed by atoms with van der Waals surface area (Å²) < 4.78 is 5.48. The van der Waals surface area contributed by atoms with Gasteiger partial charge in [-0.1, -0.05) is 35.4 Å². The van der Waals surface area contributed by atoms with Crippen molar-refractivity contribution in [2.45, 2.75) is 45.2 Å². The van der Waals surface area contributed by atoms with Crippen LogP contribution in [0.1, 0.15) is 57.2 Å². The zero-order valence-corrected chi connectivity index (χ0v) is 20.9. The third kappa shape index (κ3) is 3.82. The molecule has 1 unspecified atom stereocenters. The lowest BCUT2D eigenvalue weighted by Crippen LogP contribution is -2.78. The molecule has 3 aliphatic rings. The minimum Gasteiger partial charge on any atom is -0.378 e. The zero-order valence-electron chi connectivity index (χ0n) is 20.9. The number of nitrogens with zero attached hydrogens (tertiary/aromatic N) is 3. The lowest BCUT2D eigenvalue weighted by atomic mass is 9.67. The molecule has 0 saturated carbocycles. The molecule has 0 aromatic heterocycles. The van der Waals surface area contributed by atoms with Gasteiger partial charge in [-0.15, -0.1) is 0 Å². The van der Waals surface area contributed by atoms with Crippen LogP contribution in [0.3, 0.4) is 0 Å². The predicted octanol–water partition coefficient (Wildman–Crippen LogP) is 3.00. The molecule has 2 saturated heterocycles. The van der Waals surface area contributed by atoms with Crippen molar-refractivity contribution in [1.29, 1.82) is 0 Å². The molecule has 0 N–H and O–H groups in total. The van der Waals surface area contributed by atoms with Crippen LogP contribution in [-0.4, -0.2) is 83.4 Å². The molecule has 7 nitrogen and oxygen atoms in total. The van der Waals surface area contributed by atoms with E-state index in [-0.39, 0.29) is 23.8 Å². The molecule has 0 radical (unpaired) electrons. The zero-order chi connectivity index (χ0) is 24.9. The lowest BCUT2D eigenvalue weighted by Gasteiger charge is -2.62. The Bertz CT molecular complexity index is 1160. The highest BCUT2D eigenvalue weighted by molar-refractivity contribution is 6.03. The van der Waals surface area contributed by atoms with E-state index in [9.17, 15) is 14.4 Å². The third-order valence-corrected chi connectivity index (χ3v) is 7.51. The molecule has 5 rings (SSSR count). The second kappa shape index (κ2) is 8.79. The van der Waals surface area contributed by atoms with Crippen molar-refractivity contribution in [3.8, 4) is 0 Å². The van der Waals surface area contributed by atoms with E-state index >= 15 is 0 Å². The quantitative estimate of drug-likeness (QED) is 0.684. The van der Waals surface area contributed by atoms with E-state index in [1.54, 1.807) is 4.90 Å². The standard InChI is InChI=1S/C28H33N3O4/c1-18(2)31-26(33)23-8-6-5-7-22(23)24(27(34)29-9-11-35-12-10-29)28(31)16-30(17-28)25(32)21-14-19(3)13-20(4)15-21/h5-8,13-15,18,24H,9-12,16-17H2,1-4H3.